The molecule has 126 valence electrons. The molecule has 0 bridgehead atoms. The molecule has 1 aliphatic carbocycles. The van der Waals surface area contributed by atoms with Crippen molar-refractivity contribution < 1.29 is 54.3 Å². The molecular formula is C9H19O11P. The van der Waals surface area contributed by atoms with Crippen LogP contribution in [-0.2, 0) is 13.6 Å². The third-order valence-electron chi connectivity index (χ3n) is 2.97. The van der Waals surface area contributed by atoms with Gasteiger partial charge in [-0.2, -0.15) is 0 Å². The lowest BCUT2D eigenvalue weighted by Gasteiger charge is -2.41. The quantitative estimate of drug-likeness (QED) is 0.218. The Morgan fingerprint density at radius 3 is 1.81 bits per heavy atom. The van der Waals surface area contributed by atoms with Crippen molar-refractivity contribution in [1.82, 2.24) is 0 Å². The van der Waals surface area contributed by atoms with Crippen LogP contribution in [0.5, 0.6) is 0 Å². The van der Waals surface area contributed by atoms with Crippen LogP contribution in [0, 0.1) is 0 Å². The van der Waals surface area contributed by atoms with Crippen LogP contribution in [0.4, 0.5) is 0 Å². The van der Waals surface area contributed by atoms with Crippen molar-refractivity contribution in [2.24, 2.45) is 0 Å². The summed E-state index contributed by atoms with van der Waals surface area (Å²) in [5.74, 6) is 0. The van der Waals surface area contributed by atoms with Gasteiger partial charge < -0.3 is 40.6 Å². The Morgan fingerprint density at radius 1 is 0.952 bits per heavy atom. The lowest BCUT2D eigenvalue weighted by molar-refractivity contribution is -0.220. The Labute approximate surface area is 119 Å². The van der Waals surface area contributed by atoms with Crippen molar-refractivity contribution in [2.75, 3.05) is 13.2 Å². The monoisotopic (exact) mass is 334 g/mol. The minimum absolute atomic E-state index is 0.738. The first kappa shape index (κ1) is 18.9. The molecule has 1 aliphatic rings. The summed E-state index contributed by atoms with van der Waals surface area (Å²) in [6.07, 6.45) is -13.0. The van der Waals surface area contributed by atoms with Crippen molar-refractivity contribution in [2.45, 2.75) is 42.7 Å². The number of aliphatic hydroxyl groups excluding tert-OH is 7. The van der Waals surface area contributed by atoms with Gasteiger partial charge in [0.05, 0.1) is 13.2 Å². The fourth-order valence-corrected chi connectivity index (χ4v) is 2.72. The smallest absolute Gasteiger partial charge is 0.394 e. The molecular weight excluding hydrogens is 315 g/mol. The van der Waals surface area contributed by atoms with E-state index in [0.717, 1.165) is 0 Å². The molecule has 0 aliphatic heterocycles. The largest absolute Gasteiger partial charge is 0.472 e. The van der Waals surface area contributed by atoms with Gasteiger partial charge in [0.2, 0.25) is 0 Å². The zero-order valence-electron chi connectivity index (χ0n) is 10.7. The summed E-state index contributed by atoms with van der Waals surface area (Å²) in [4.78, 5) is 9.36. The van der Waals surface area contributed by atoms with Crippen LogP contribution in [0.3, 0.4) is 0 Å². The predicted molar refractivity (Wildman–Crippen MR) is 63.8 cm³/mol. The first-order valence-electron chi connectivity index (χ1n) is 5.95. The van der Waals surface area contributed by atoms with E-state index in [1.807, 2.05) is 0 Å². The summed E-state index contributed by atoms with van der Waals surface area (Å²) in [5, 5.41) is 64.8. The van der Waals surface area contributed by atoms with Crippen LogP contribution < -0.4 is 0 Å². The molecule has 1 fully saturated rings. The third kappa shape index (κ3) is 4.65. The fraction of sp³-hybridized carbons (Fsp3) is 1.00. The second-order valence-corrected chi connectivity index (χ2v) is 6.03. The second kappa shape index (κ2) is 7.40. The van der Waals surface area contributed by atoms with Gasteiger partial charge in [-0.3, -0.25) is 9.05 Å². The third-order valence-corrected chi connectivity index (χ3v) is 3.95. The van der Waals surface area contributed by atoms with Gasteiger partial charge in [-0.1, -0.05) is 0 Å². The summed E-state index contributed by atoms with van der Waals surface area (Å²) >= 11 is 0. The van der Waals surface area contributed by atoms with E-state index < -0.39 is 63.8 Å². The van der Waals surface area contributed by atoms with Gasteiger partial charge >= 0.3 is 7.82 Å². The molecule has 11 nitrogen and oxygen atoms in total. The van der Waals surface area contributed by atoms with E-state index in [2.05, 4.69) is 9.05 Å². The number of aliphatic hydroxyl groups is 7. The Bertz CT molecular complexity index is 363. The molecule has 0 saturated heterocycles. The van der Waals surface area contributed by atoms with Gasteiger partial charge in [0.25, 0.3) is 0 Å². The SMILES string of the molecule is O=P(O)(OCC(O)CO)O[C@@H]1[C@@H](O)[C@H](O)[C@@H](O)[C@H](O)[C@@H]1O. The van der Waals surface area contributed by atoms with E-state index in [0.29, 0.717) is 0 Å². The van der Waals surface area contributed by atoms with Gasteiger partial charge in [0, 0.05) is 0 Å². The minimum Gasteiger partial charge on any atom is -0.394 e. The highest BCUT2D eigenvalue weighted by molar-refractivity contribution is 7.47. The van der Waals surface area contributed by atoms with Gasteiger partial charge in [-0.15, -0.1) is 0 Å². The van der Waals surface area contributed by atoms with E-state index in [9.17, 15) is 35.0 Å². The van der Waals surface area contributed by atoms with Crippen LogP contribution in [0.2, 0.25) is 0 Å². The normalized spacial score (nSPS) is 41.5. The number of phosphoric ester groups is 1. The topological polar surface area (TPSA) is 197 Å². The summed E-state index contributed by atoms with van der Waals surface area (Å²) in [7, 11) is -4.87. The molecule has 0 amide bonds. The predicted octanol–water partition coefficient (Wildman–Crippen LogP) is -4.34. The highest BCUT2D eigenvalue weighted by atomic mass is 31.2. The van der Waals surface area contributed by atoms with E-state index in [4.69, 9.17) is 10.2 Å². The lowest BCUT2D eigenvalue weighted by Crippen LogP contribution is -2.64. The molecule has 12 heteroatoms. The lowest BCUT2D eigenvalue weighted by atomic mass is 9.85. The molecule has 1 saturated carbocycles. The number of rotatable bonds is 6. The van der Waals surface area contributed by atoms with Gasteiger partial charge in [0.15, 0.2) is 0 Å². The number of phosphoric acid groups is 1. The summed E-state index contributed by atoms with van der Waals surface area (Å²) in [6.45, 7) is -1.50. The Balaban J connectivity index is 2.72. The molecule has 2 unspecified atom stereocenters. The molecule has 0 spiro atoms. The highest BCUT2D eigenvalue weighted by Crippen LogP contribution is 2.46. The zero-order valence-corrected chi connectivity index (χ0v) is 11.6. The number of hydrogen-bond donors (Lipinski definition) is 8. The maximum Gasteiger partial charge on any atom is 0.472 e. The fourth-order valence-electron chi connectivity index (χ4n) is 1.74. The van der Waals surface area contributed by atoms with Crippen molar-refractivity contribution in [3.63, 3.8) is 0 Å². The van der Waals surface area contributed by atoms with Crippen LogP contribution in [0.15, 0.2) is 0 Å². The maximum absolute atomic E-state index is 11.6. The van der Waals surface area contributed by atoms with Crippen molar-refractivity contribution >= 4 is 7.82 Å². The molecule has 8 atom stereocenters. The van der Waals surface area contributed by atoms with Crippen LogP contribution in [0.25, 0.3) is 0 Å². The van der Waals surface area contributed by atoms with E-state index in [1.54, 1.807) is 0 Å². The van der Waals surface area contributed by atoms with E-state index in [1.165, 1.54) is 0 Å². The number of hydrogen-bond acceptors (Lipinski definition) is 10. The van der Waals surface area contributed by atoms with Crippen LogP contribution in [0.1, 0.15) is 0 Å². The van der Waals surface area contributed by atoms with Gasteiger partial charge in [0.1, 0.15) is 42.7 Å². The van der Waals surface area contributed by atoms with E-state index in [-0.39, 0.29) is 0 Å². The summed E-state index contributed by atoms with van der Waals surface area (Å²) < 4.78 is 20.3. The average molecular weight is 334 g/mol. The average Bonchev–Trinajstić information content (AvgIpc) is 2.45. The molecule has 0 aromatic carbocycles. The molecule has 21 heavy (non-hydrogen) atoms. The second-order valence-electron chi connectivity index (χ2n) is 4.62. The van der Waals surface area contributed by atoms with Crippen molar-refractivity contribution in [1.29, 1.82) is 0 Å². The highest BCUT2D eigenvalue weighted by Gasteiger charge is 2.51. The molecule has 0 radical (unpaired) electrons. The van der Waals surface area contributed by atoms with Crippen molar-refractivity contribution in [3.8, 4) is 0 Å². The Kier molecular flexibility index (Phi) is 6.65. The molecule has 0 aromatic heterocycles. The Hall–Kier alpha value is -0.170. The van der Waals surface area contributed by atoms with E-state index >= 15 is 0 Å². The van der Waals surface area contributed by atoms with Gasteiger partial charge in [-0.05, 0) is 0 Å². The minimum atomic E-state index is -4.87. The first-order chi connectivity index (χ1) is 9.60. The molecule has 0 aromatic rings. The standard InChI is InChI=1S/C9H19O11P/c10-1-3(11)2-19-21(17,18)20-9-7(15)5(13)4(12)6(14)8(9)16/h3-16H,1-2H2,(H,17,18)/t3?,4-,5-,6+,7-,8-,9-/m0/s1. The molecule has 0 heterocycles. The van der Waals surface area contributed by atoms with Crippen LogP contribution >= 0.6 is 7.82 Å². The molecule has 1 rings (SSSR count). The summed E-state index contributed by atoms with van der Waals surface area (Å²) in [5.41, 5.74) is 0. The molecule has 8 N–H and O–H groups in total. The maximum atomic E-state index is 11.6. The summed E-state index contributed by atoms with van der Waals surface area (Å²) in [6, 6.07) is 0. The Morgan fingerprint density at radius 2 is 1.38 bits per heavy atom. The first-order valence-corrected chi connectivity index (χ1v) is 7.45. The van der Waals surface area contributed by atoms with Crippen LogP contribution in [-0.4, -0.2) is 96.6 Å². The van der Waals surface area contributed by atoms with Gasteiger partial charge in [-0.25, -0.2) is 4.57 Å². The van der Waals surface area contributed by atoms with Crippen molar-refractivity contribution in [3.05, 3.63) is 0 Å². The zero-order chi connectivity index (χ0) is 16.4.